The van der Waals surface area contributed by atoms with Crippen LogP contribution in [0, 0.1) is 6.92 Å². The molecule has 2 aromatic carbocycles. The second-order valence-electron chi connectivity index (χ2n) is 5.43. The van der Waals surface area contributed by atoms with Gasteiger partial charge >= 0.3 is 0 Å². The van der Waals surface area contributed by atoms with Gasteiger partial charge in [0.15, 0.2) is 5.11 Å². The summed E-state index contributed by atoms with van der Waals surface area (Å²) in [6, 6.07) is 15.4. The van der Waals surface area contributed by atoms with E-state index in [1.165, 1.54) is 5.56 Å². The van der Waals surface area contributed by atoms with E-state index in [2.05, 4.69) is 22.7 Å². The smallest absolute Gasteiger partial charge is 0.184 e. The van der Waals surface area contributed by atoms with Gasteiger partial charge in [-0.05, 0) is 61.1 Å². The van der Waals surface area contributed by atoms with E-state index in [0.717, 1.165) is 17.1 Å². The Morgan fingerprint density at radius 2 is 1.50 bits per heavy atom. The van der Waals surface area contributed by atoms with Crippen molar-refractivity contribution in [1.29, 1.82) is 0 Å². The zero-order valence-electron chi connectivity index (χ0n) is 14.7. The third-order valence-electron chi connectivity index (χ3n) is 3.28. The zero-order valence-corrected chi connectivity index (χ0v) is 15.5. The van der Waals surface area contributed by atoms with E-state index in [-0.39, 0.29) is 5.11 Å². The summed E-state index contributed by atoms with van der Waals surface area (Å²) in [5.41, 5.74) is 9.90. The van der Waals surface area contributed by atoms with Crippen molar-refractivity contribution in [2.75, 3.05) is 26.4 Å². The van der Waals surface area contributed by atoms with E-state index < -0.39 is 0 Å². The Morgan fingerprint density at radius 3 is 2.04 bits per heavy atom. The number of hydrogen-bond acceptors (Lipinski definition) is 5. The van der Waals surface area contributed by atoms with Gasteiger partial charge in [0.25, 0.3) is 0 Å². The summed E-state index contributed by atoms with van der Waals surface area (Å²) in [6.07, 6.45) is 1.63. The maximum absolute atomic E-state index is 5.61. The van der Waals surface area contributed by atoms with Gasteiger partial charge in [-0.2, -0.15) is 5.10 Å². The van der Waals surface area contributed by atoms with Gasteiger partial charge < -0.3 is 19.9 Å². The number of benzene rings is 2. The summed E-state index contributed by atoms with van der Waals surface area (Å²) in [5.74, 6) is 1.62. The van der Waals surface area contributed by atoms with Gasteiger partial charge in [-0.1, -0.05) is 17.7 Å². The highest BCUT2D eigenvalue weighted by Gasteiger charge is 1.96. The Labute approximate surface area is 158 Å². The Balaban J connectivity index is 1.56. The van der Waals surface area contributed by atoms with E-state index >= 15 is 0 Å². The van der Waals surface area contributed by atoms with Crippen LogP contribution in [0.3, 0.4) is 0 Å². The molecule has 0 aliphatic carbocycles. The highest BCUT2D eigenvalue weighted by molar-refractivity contribution is 7.80. The number of hydrazone groups is 1. The van der Waals surface area contributed by atoms with Crippen LogP contribution in [0.15, 0.2) is 53.6 Å². The molecular weight excluding hydrogens is 350 g/mol. The fourth-order valence-electron chi connectivity index (χ4n) is 1.99. The van der Waals surface area contributed by atoms with Gasteiger partial charge in [-0.3, -0.25) is 5.43 Å². The lowest BCUT2D eigenvalue weighted by Crippen LogP contribution is -2.23. The van der Waals surface area contributed by atoms with E-state index in [0.29, 0.717) is 26.4 Å². The lowest BCUT2D eigenvalue weighted by atomic mass is 10.2. The largest absolute Gasteiger partial charge is 0.491 e. The highest BCUT2D eigenvalue weighted by Crippen LogP contribution is 2.12. The SMILES string of the molecule is Cc1ccc(OCCOCCOc2ccc(/C=N/NC(N)=S)cc2)cc1. The minimum absolute atomic E-state index is 0.130. The molecule has 0 bridgehead atoms. The summed E-state index contributed by atoms with van der Waals surface area (Å²) in [6.45, 7) is 4.04. The second-order valence-corrected chi connectivity index (χ2v) is 5.87. The molecule has 0 atom stereocenters. The van der Waals surface area contributed by atoms with Crippen molar-refractivity contribution in [2.24, 2.45) is 10.8 Å². The Bertz CT molecular complexity index is 703. The molecule has 2 rings (SSSR count). The van der Waals surface area contributed by atoms with Crippen molar-refractivity contribution in [3.8, 4) is 11.5 Å². The summed E-state index contributed by atoms with van der Waals surface area (Å²) in [7, 11) is 0. The molecule has 0 saturated heterocycles. The monoisotopic (exact) mass is 373 g/mol. The molecule has 0 radical (unpaired) electrons. The average molecular weight is 373 g/mol. The number of rotatable bonds is 10. The summed E-state index contributed by atoms with van der Waals surface area (Å²) in [4.78, 5) is 0. The molecule has 2 aromatic rings. The first kappa shape index (κ1) is 19.7. The van der Waals surface area contributed by atoms with Gasteiger partial charge in [0.05, 0.1) is 19.4 Å². The van der Waals surface area contributed by atoms with Crippen LogP contribution in [0.5, 0.6) is 11.5 Å². The fraction of sp³-hybridized carbons (Fsp3) is 0.263. The fourth-order valence-corrected chi connectivity index (χ4v) is 2.05. The lowest BCUT2D eigenvalue weighted by Gasteiger charge is -2.09. The van der Waals surface area contributed by atoms with Crippen molar-refractivity contribution in [2.45, 2.75) is 6.92 Å². The predicted octanol–water partition coefficient (Wildman–Crippen LogP) is 2.64. The number of hydrogen-bond donors (Lipinski definition) is 2. The third kappa shape index (κ3) is 7.96. The normalized spacial score (nSPS) is 10.7. The van der Waals surface area contributed by atoms with Crippen LogP contribution < -0.4 is 20.6 Å². The van der Waals surface area contributed by atoms with Crippen molar-refractivity contribution in [3.63, 3.8) is 0 Å². The van der Waals surface area contributed by atoms with Gasteiger partial charge in [0.2, 0.25) is 0 Å². The molecule has 7 heteroatoms. The van der Waals surface area contributed by atoms with Crippen molar-refractivity contribution >= 4 is 23.5 Å². The molecule has 0 aliphatic rings. The van der Waals surface area contributed by atoms with Crippen LogP contribution in [0.2, 0.25) is 0 Å². The summed E-state index contributed by atoms with van der Waals surface area (Å²) in [5, 5.41) is 4.02. The molecule has 0 amide bonds. The molecule has 138 valence electrons. The van der Waals surface area contributed by atoms with Crippen LogP contribution in [0.4, 0.5) is 0 Å². The third-order valence-corrected chi connectivity index (χ3v) is 3.37. The summed E-state index contributed by atoms with van der Waals surface area (Å²) < 4.78 is 16.7. The van der Waals surface area contributed by atoms with E-state index in [1.54, 1.807) is 6.21 Å². The molecule has 0 aromatic heterocycles. The topological polar surface area (TPSA) is 78.1 Å². The first-order chi connectivity index (χ1) is 12.6. The molecule has 0 saturated carbocycles. The Kier molecular flexibility index (Phi) is 8.38. The Hall–Kier alpha value is -2.64. The number of aryl methyl sites for hydroxylation is 1. The number of nitrogens with one attached hydrogen (secondary N) is 1. The minimum atomic E-state index is 0.130. The van der Waals surface area contributed by atoms with Crippen molar-refractivity contribution in [3.05, 3.63) is 59.7 Å². The molecule has 0 heterocycles. The number of nitrogens with two attached hydrogens (primary N) is 1. The van der Waals surface area contributed by atoms with Crippen LogP contribution in [0.25, 0.3) is 0 Å². The number of ether oxygens (including phenoxy) is 3. The molecule has 26 heavy (non-hydrogen) atoms. The lowest BCUT2D eigenvalue weighted by molar-refractivity contribution is 0.0764. The highest BCUT2D eigenvalue weighted by atomic mass is 32.1. The minimum Gasteiger partial charge on any atom is -0.491 e. The van der Waals surface area contributed by atoms with Gasteiger partial charge in [-0.15, -0.1) is 0 Å². The van der Waals surface area contributed by atoms with Crippen LogP contribution in [-0.4, -0.2) is 37.8 Å². The number of nitrogens with zero attached hydrogens (tertiary/aromatic N) is 1. The maximum Gasteiger partial charge on any atom is 0.184 e. The van der Waals surface area contributed by atoms with Crippen LogP contribution >= 0.6 is 12.2 Å². The van der Waals surface area contributed by atoms with Gasteiger partial charge in [0.1, 0.15) is 24.7 Å². The molecule has 0 unspecified atom stereocenters. The summed E-state index contributed by atoms with van der Waals surface area (Å²) >= 11 is 4.66. The molecular formula is C19H23N3O3S. The van der Waals surface area contributed by atoms with Gasteiger partial charge in [0, 0.05) is 0 Å². The average Bonchev–Trinajstić information content (AvgIpc) is 2.63. The van der Waals surface area contributed by atoms with E-state index in [1.807, 2.05) is 55.5 Å². The van der Waals surface area contributed by atoms with Crippen LogP contribution in [-0.2, 0) is 4.74 Å². The molecule has 0 fully saturated rings. The molecule has 3 N–H and O–H groups in total. The quantitative estimate of drug-likeness (QED) is 0.289. The van der Waals surface area contributed by atoms with Gasteiger partial charge in [-0.25, -0.2) is 0 Å². The molecule has 6 nitrogen and oxygen atoms in total. The zero-order chi connectivity index (χ0) is 18.6. The maximum atomic E-state index is 5.61. The predicted molar refractivity (Wildman–Crippen MR) is 107 cm³/mol. The first-order valence-corrected chi connectivity index (χ1v) is 8.63. The Morgan fingerprint density at radius 1 is 0.962 bits per heavy atom. The standard InChI is InChI=1S/C19H23N3O3S/c1-15-2-6-17(7-3-15)24-12-10-23-11-13-25-18-8-4-16(5-9-18)14-21-22-19(20)26/h2-9,14H,10-13H2,1H3,(H3,20,22,26)/b21-14+. The van der Waals surface area contributed by atoms with Crippen molar-refractivity contribution in [1.82, 2.24) is 5.43 Å². The van der Waals surface area contributed by atoms with Crippen LogP contribution in [0.1, 0.15) is 11.1 Å². The van der Waals surface area contributed by atoms with E-state index in [9.17, 15) is 0 Å². The van der Waals surface area contributed by atoms with E-state index in [4.69, 9.17) is 19.9 Å². The first-order valence-electron chi connectivity index (χ1n) is 8.22. The molecule has 0 aliphatic heterocycles. The van der Waals surface area contributed by atoms with Crippen molar-refractivity contribution < 1.29 is 14.2 Å². The number of thiocarbonyl (C=S) groups is 1. The molecule has 0 spiro atoms. The second kappa shape index (κ2) is 11.1.